The fourth-order valence-electron chi connectivity index (χ4n) is 4.47. The first-order valence-corrected chi connectivity index (χ1v) is 14.2. The van der Waals surface area contributed by atoms with Crippen LogP contribution in [0.25, 0.3) is 0 Å². The molecule has 0 aliphatic carbocycles. The molecule has 2 unspecified atom stereocenters. The maximum atomic E-state index is 14.2. The Morgan fingerprint density at radius 2 is 1.70 bits per heavy atom. The number of anilines is 2. The average Bonchev–Trinajstić information content (AvgIpc) is 3.11. The van der Waals surface area contributed by atoms with Gasteiger partial charge in [-0.3, -0.25) is 29.1 Å². The van der Waals surface area contributed by atoms with Gasteiger partial charge in [-0.25, -0.2) is 4.21 Å². The lowest BCUT2D eigenvalue weighted by molar-refractivity contribution is -0.139. The largest absolute Gasteiger partial charge is 0.481 e. The van der Waals surface area contributed by atoms with Gasteiger partial charge in [0.15, 0.2) is 6.17 Å². The number of carboxylic acids is 1. The Morgan fingerprint density at radius 3 is 2.33 bits per heavy atom. The Morgan fingerprint density at radius 1 is 1.05 bits per heavy atom. The number of carbonyl (C=O) groups excluding carboxylic acids is 4. The molecule has 222 valence electrons. The van der Waals surface area contributed by atoms with Crippen LogP contribution in [0, 0.1) is 0 Å². The van der Waals surface area contributed by atoms with Crippen molar-refractivity contribution in [2.75, 3.05) is 23.8 Å². The van der Waals surface area contributed by atoms with Crippen LogP contribution in [0.15, 0.2) is 88.8 Å². The zero-order chi connectivity index (χ0) is 31.1. The minimum Gasteiger partial charge on any atom is -0.481 e. The van der Waals surface area contributed by atoms with E-state index in [0.29, 0.717) is 39.4 Å². The maximum absolute atomic E-state index is 14.2. The molecule has 0 fully saturated rings. The molecule has 3 aromatic rings. The molecule has 0 bridgehead atoms. The summed E-state index contributed by atoms with van der Waals surface area (Å²) in [7, 11) is -0.434. The molecule has 4 rings (SSSR count). The molecule has 3 amide bonds. The van der Waals surface area contributed by atoms with E-state index in [1.165, 1.54) is 23.2 Å². The fraction of sp³-hybridized carbons (Fsp3) is 0.200. The van der Waals surface area contributed by atoms with E-state index in [1.807, 2.05) is 30.3 Å². The molecule has 13 heteroatoms. The van der Waals surface area contributed by atoms with Crippen molar-refractivity contribution < 1.29 is 33.3 Å². The molecule has 0 aromatic heterocycles. The molecule has 0 saturated heterocycles. The Hall–Kier alpha value is -5.01. The topological polar surface area (TPSA) is 166 Å². The van der Waals surface area contributed by atoms with Crippen LogP contribution in [-0.4, -0.2) is 75.1 Å². The summed E-state index contributed by atoms with van der Waals surface area (Å²) in [5.74, 6) is -2.96. The summed E-state index contributed by atoms with van der Waals surface area (Å²) >= 11 is 0. The predicted octanol–water partition coefficient (Wildman–Crippen LogP) is 1.97. The number of aliphatic imine (C=N–C) groups is 1. The zero-order valence-corrected chi connectivity index (χ0v) is 24.1. The molecular formula is C30H29N5O7S. The molecule has 43 heavy (non-hydrogen) atoms. The number of fused-ring (bicyclic) bond motifs is 1. The third-order valence-electron chi connectivity index (χ3n) is 6.42. The van der Waals surface area contributed by atoms with Gasteiger partial charge < -0.3 is 20.5 Å². The number of aliphatic carboxylic acids is 1. The first-order chi connectivity index (χ1) is 20.6. The number of aldehydes is 1. The van der Waals surface area contributed by atoms with Gasteiger partial charge >= 0.3 is 5.97 Å². The molecule has 3 aromatic carbocycles. The van der Waals surface area contributed by atoms with E-state index in [2.05, 4.69) is 10.6 Å². The fourth-order valence-corrected chi connectivity index (χ4v) is 5.49. The quantitative estimate of drug-likeness (QED) is 0.282. The van der Waals surface area contributed by atoms with Crippen molar-refractivity contribution >= 4 is 58.0 Å². The highest BCUT2D eigenvalue weighted by molar-refractivity contribution is 7.82. The van der Waals surface area contributed by atoms with Gasteiger partial charge in [0.25, 0.3) is 5.91 Å². The number of likely N-dealkylation sites (N-methyl/N-ethyl adjacent to an activating group) is 1. The number of carbonyl (C=O) groups is 5. The van der Waals surface area contributed by atoms with Gasteiger partial charge in [-0.2, -0.15) is 4.31 Å². The third-order valence-corrected chi connectivity index (χ3v) is 7.82. The molecule has 3 N–H and O–H groups in total. The third kappa shape index (κ3) is 7.45. The molecular weight excluding hydrogens is 574 g/mol. The second-order valence-electron chi connectivity index (χ2n) is 9.57. The monoisotopic (exact) mass is 603 g/mol. The number of rotatable bonds is 11. The van der Waals surface area contributed by atoms with Crippen LogP contribution >= 0.6 is 0 Å². The highest BCUT2D eigenvalue weighted by Crippen LogP contribution is 2.30. The van der Waals surface area contributed by atoms with Crippen molar-refractivity contribution in [3.05, 3.63) is 90.0 Å². The number of amides is 3. The van der Waals surface area contributed by atoms with E-state index in [9.17, 15) is 28.2 Å². The van der Waals surface area contributed by atoms with Gasteiger partial charge in [-0.05, 0) is 30.3 Å². The summed E-state index contributed by atoms with van der Waals surface area (Å²) in [4.78, 5) is 67.3. The Bertz CT molecular complexity index is 1590. The number of benzene rings is 3. The van der Waals surface area contributed by atoms with Gasteiger partial charge in [0.05, 0.1) is 28.8 Å². The van der Waals surface area contributed by atoms with E-state index in [0.717, 1.165) is 0 Å². The number of carboxylic acid groups (broad SMARTS) is 1. The average molecular weight is 604 g/mol. The van der Waals surface area contributed by atoms with Gasteiger partial charge in [-0.15, -0.1) is 0 Å². The van der Waals surface area contributed by atoms with Crippen molar-refractivity contribution in [1.29, 1.82) is 0 Å². The lowest BCUT2D eigenvalue weighted by Crippen LogP contribution is -2.51. The number of para-hydroxylation sites is 1. The summed E-state index contributed by atoms with van der Waals surface area (Å²) in [6, 6.07) is 20.9. The maximum Gasteiger partial charge on any atom is 0.305 e. The standard InChI is InChI=1S/C30H29N5O7S/c1-19(37)31-21-12-14-23(15-13-21)43(42)34(2)29-30(41)35(17-26(38)32-22(18-36)16-27(39)40)25-11-7-6-10-24(25)28(33-29)20-8-4-3-5-9-20/h3-15,18,22,29H,16-17H2,1-2H3,(H,31,37)(H,32,38)(H,39,40)/t22-,29?,43?/m0/s1. The molecule has 1 aliphatic rings. The molecule has 1 aliphatic heterocycles. The van der Waals surface area contributed by atoms with Crippen molar-refractivity contribution in [3.63, 3.8) is 0 Å². The molecule has 0 spiro atoms. The first kappa shape index (κ1) is 30.9. The molecule has 0 saturated carbocycles. The van der Waals surface area contributed by atoms with Crippen LogP contribution in [0.2, 0.25) is 0 Å². The van der Waals surface area contributed by atoms with Gasteiger partial charge in [-0.1, -0.05) is 48.5 Å². The number of hydrogen-bond acceptors (Lipinski definition) is 7. The second kappa shape index (κ2) is 13.8. The molecule has 1 heterocycles. The Balaban J connectivity index is 1.75. The van der Waals surface area contributed by atoms with Crippen LogP contribution in [-0.2, 0) is 35.0 Å². The number of hydrogen-bond donors (Lipinski definition) is 3. The predicted molar refractivity (Wildman–Crippen MR) is 160 cm³/mol. The summed E-state index contributed by atoms with van der Waals surface area (Å²) in [5.41, 5.74) is 2.51. The normalized spacial score (nSPS) is 15.9. The number of nitrogens with zero attached hydrogens (tertiary/aromatic N) is 3. The highest BCUT2D eigenvalue weighted by atomic mass is 32.2. The summed E-state index contributed by atoms with van der Waals surface area (Å²) in [5, 5.41) is 14.0. The van der Waals surface area contributed by atoms with E-state index in [1.54, 1.807) is 48.5 Å². The van der Waals surface area contributed by atoms with Crippen LogP contribution in [0.5, 0.6) is 0 Å². The first-order valence-electron chi connectivity index (χ1n) is 13.1. The van der Waals surface area contributed by atoms with E-state index >= 15 is 0 Å². The van der Waals surface area contributed by atoms with Crippen molar-refractivity contribution in [1.82, 2.24) is 9.62 Å². The second-order valence-corrected chi connectivity index (χ2v) is 11.1. The zero-order valence-electron chi connectivity index (χ0n) is 23.3. The molecule has 3 atom stereocenters. The lowest BCUT2D eigenvalue weighted by atomic mass is 10.0. The Kier molecular flexibility index (Phi) is 9.91. The summed E-state index contributed by atoms with van der Waals surface area (Å²) in [6.45, 7) is 0.814. The lowest BCUT2D eigenvalue weighted by Gasteiger charge is -2.28. The molecule has 12 nitrogen and oxygen atoms in total. The van der Waals surface area contributed by atoms with Gasteiger partial charge in [0, 0.05) is 30.8 Å². The highest BCUT2D eigenvalue weighted by Gasteiger charge is 2.37. The summed E-state index contributed by atoms with van der Waals surface area (Å²) < 4.78 is 15.0. The van der Waals surface area contributed by atoms with Crippen molar-refractivity contribution in [2.45, 2.75) is 30.4 Å². The van der Waals surface area contributed by atoms with Crippen LogP contribution in [0.3, 0.4) is 0 Å². The Labute approximate surface area is 250 Å². The molecule has 0 radical (unpaired) electrons. The van der Waals surface area contributed by atoms with Crippen molar-refractivity contribution in [2.24, 2.45) is 4.99 Å². The van der Waals surface area contributed by atoms with E-state index in [4.69, 9.17) is 10.1 Å². The number of benzodiazepines with no additional fused rings is 1. The van der Waals surface area contributed by atoms with Crippen molar-refractivity contribution in [3.8, 4) is 0 Å². The minimum atomic E-state index is -1.90. The van der Waals surface area contributed by atoms with Gasteiger partial charge in [0.1, 0.15) is 23.8 Å². The van der Waals surface area contributed by atoms with Crippen LogP contribution < -0.4 is 15.5 Å². The van der Waals surface area contributed by atoms with E-state index < -0.39 is 53.9 Å². The smallest absolute Gasteiger partial charge is 0.305 e. The SMILES string of the molecule is CC(=O)Nc1ccc(S(=O)N(C)C2N=C(c3ccccc3)c3ccccc3N(CC(=O)N[C@H](C=O)CC(=O)O)C2=O)cc1. The van der Waals surface area contributed by atoms with Crippen LogP contribution in [0.1, 0.15) is 24.5 Å². The minimum absolute atomic E-state index is 0.260. The van der Waals surface area contributed by atoms with Gasteiger partial charge in [0.2, 0.25) is 11.8 Å². The summed E-state index contributed by atoms with van der Waals surface area (Å²) in [6.07, 6.45) is -1.66. The van der Waals surface area contributed by atoms with Crippen LogP contribution in [0.4, 0.5) is 11.4 Å². The van der Waals surface area contributed by atoms with E-state index in [-0.39, 0.29) is 5.91 Å². The number of nitrogens with one attached hydrogen (secondary N) is 2.